The quantitative estimate of drug-likeness (QED) is 0.486. The molecule has 176 valence electrons. The Morgan fingerprint density at radius 1 is 1.06 bits per heavy atom. The fourth-order valence-electron chi connectivity index (χ4n) is 3.91. The van der Waals surface area contributed by atoms with E-state index < -0.39 is 24.5 Å². The number of aliphatic carboxylic acids is 1. The fraction of sp³-hybridized carbons (Fsp3) is 0.261. The normalized spacial score (nSPS) is 12.0. The Morgan fingerprint density at radius 2 is 1.71 bits per heavy atom. The molecule has 2 amide bonds. The van der Waals surface area contributed by atoms with Crippen LogP contribution >= 0.6 is 0 Å². The van der Waals surface area contributed by atoms with E-state index in [1.54, 1.807) is 0 Å². The van der Waals surface area contributed by atoms with Crippen molar-refractivity contribution in [2.75, 3.05) is 38.7 Å². The summed E-state index contributed by atoms with van der Waals surface area (Å²) in [6.07, 6.45) is -0.853. The van der Waals surface area contributed by atoms with E-state index in [-0.39, 0.29) is 37.2 Å². The van der Waals surface area contributed by atoms with Crippen molar-refractivity contribution in [3.8, 4) is 11.1 Å². The van der Waals surface area contributed by atoms with Crippen molar-refractivity contribution in [2.24, 2.45) is 0 Å². The molecule has 0 saturated carbocycles. The van der Waals surface area contributed by atoms with E-state index in [0.717, 1.165) is 27.2 Å². The van der Waals surface area contributed by atoms with E-state index in [1.165, 1.54) is 7.11 Å². The zero-order valence-electron chi connectivity index (χ0n) is 18.3. The molecule has 0 unspecified atom stereocenters. The van der Waals surface area contributed by atoms with Gasteiger partial charge in [0.05, 0.1) is 6.61 Å². The lowest BCUT2D eigenvalue weighted by Crippen LogP contribution is -2.38. The molecule has 0 aliphatic heterocycles. The van der Waals surface area contributed by atoms with Crippen molar-refractivity contribution in [2.45, 2.75) is 5.92 Å². The maximum absolute atomic E-state index is 12.7. The van der Waals surface area contributed by atoms with Crippen molar-refractivity contribution < 1.29 is 33.6 Å². The lowest BCUT2D eigenvalue weighted by molar-refractivity contribution is -0.137. The van der Waals surface area contributed by atoms with E-state index in [2.05, 4.69) is 20.3 Å². The maximum atomic E-state index is 12.7. The van der Waals surface area contributed by atoms with Gasteiger partial charge in [-0.1, -0.05) is 48.5 Å². The molecule has 34 heavy (non-hydrogen) atoms. The van der Waals surface area contributed by atoms with Gasteiger partial charge in [-0.3, -0.25) is 14.9 Å². The monoisotopic (exact) mass is 466 g/mol. The van der Waals surface area contributed by atoms with Crippen molar-refractivity contribution in [3.63, 3.8) is 0 Å². The van der Waals surface area contributed by atoms with Gasteiger partial charge < -0.3 is 19.5 Å². The minimum absolute atomic E-state index is 0.00111. The number of amides is 2. The number of ether oxygens (including phenoxy) is 2. The smallest absolute Gasteiger partial charge is 0.412 e. The van der Waals surface area contributed by atoms with Crippen LogP contribution in [0.1, 0.15) is 27.5 Å². The highest BCUT2D eigenvalue weighted by Crippen LogP contribution is 2.44. The van der Waals surface area contributed by atoms with Gasteiger partial charge in [0, 0.05) is 19.6 Å². The third kappa shape index (κ3) is 4.74. The van der Waals surface area contributed by atoms with Gasteiger partial charge in [-0.25, -0.2) is 9.42 Å². The van der Waals surface area contributed by atoms with E-state index >= 15 is 0 Å². The Morgan fingerprint density at radius 3 is 2.32 bits per heavy atom. The third-order valence-corrected chi connectivity index (χ3v) is 5.43. The van der Waals surface area contributed by atoms with Gasteiger partial charge in [-0.2, -0.15) is 0 Å². The number of nitrogens with zero attached hydrogens (tertiary/aromatic N) is 3. The number of carbonyl (C=O) groups excluding carboxylic acids is 2. The molecule has 11 heteroatoms. The molecule has 1 aliphatic carbocycles. The minimum atomic E-state index is -1.22. The molecule has 0 radical (unpaired) electrons. The zero-order chi connectivity index (χ0) is 24.1. The molecular weight excluding hydrogens is 444 g/mol. The molecule has 0 fully saturated rings. The first-order valence-electron chi connectivity index (χ1n) is 10.4. The van der Waals surface area contributed by atoms with Crippen molar-refractivity contribution in [1.82, 2.24) is 15.2 Å². The Kier molecular flexibility index (Phi) is 6.83. The first-order chi connectivity index (χ1) is 16.5. The lowest BCUT2D eigenvalue weighted by atomic mass is 9.98. The number of methoxy groups -OCH3 is 1. The molecule has 1 aliphatic rings. The Hall–Kier alpha value is -4.25. The number of hydrogen-bond acceptors (Lipinski definition) is 8. The lowest BCUT2D eigenvalue weighted by Gasteiger charge is -2.19. The molecule has 4 rings (SSSR count). The van der Waals surface area contributed by atoms with Crippen LogP contribution in [0, 0.1) is 0 Å². The second-order valence-electron chi connectivity index (χ2n) is 7.53. The molecule has 0 saturated heterocycles. The number of benzene rings is 2. The van der Waals surface area contributed by atoms with Gasteiger partial charge in [-0.15, -0.1) is 0 Å². The summed E-state index contributed by atoms with van der Waals surface area (Å²) >= 11 is 0. The first-order valence-corrected chi connectivity index (χ1v) is 10.4. The average Bonchev–Trinajstić information content (AvgIpc) is 3.42. The third-order valence-electron chi connectivity index (χ3n) is 5.43. The number of nitrogens with one attached hydrogen (secondary N) is 1. The summed E-state index contributed by atoms with van der Waals surface area (Å²) in [6.45, 7) is -0.412. The largest absolute Gasteiger partial charge is 0.480 e. The van der Waals surface area contributed by atoms with Crippen molar-refractivity contribution in [3.05, 3.63) is 65.4 Å². The van der Waals surface area contributed by atoms with Crippen LogP contribution in [0.2, 0.25) is 0 Å². The summed E-state index contributed by atoms with van der Waals surface area (Å²) in [7, 11) is 1.42. The molecule has 1 heterocycles. The van der Waals surface area contributed by atoms with Gasteiger partial charge in [0.25, 0.3) is 5.91 Å². The van der Waals surface area contributed by atoms with Crippen LogP contribution in [-0.4, -0.2) is 71.7 Å². The predicted molar refractivity (Wildman–Crippen MR) is 118 cm³/mol. The van der Waals surface area contributed by atoms with Crippen LogP contribution in [0.15, 0.2) is 53.2 Å². The first kappa shape index (κ1) is 22.9. The number of anilines is 1. The van der Waals surface area contributed by atoms with Crippen LogP contribution in [0.25, 0.3) is 11.1 Å². The summed E-state index contributed by atoms with van der Waals surface area (Å²) in [5.41, 5.74) is 3.95. The molecule has 11 nitrogen and oxygen atoms in total. The van der Waals surface area contributed by atoms with E-state index in [9.17, 15) is 14.4 Å². The van der Waals surface area contributed by atoms with Gasteiger partial charge >= 0.3 is 12.1 Å². The summed E-state index contributed by atoms with van der Waals surface area (Å²) in [4.78, 5) is 37.4. The second kappa shape index (κ2) is 10.1. The summed E-state index contributed by atoms with van der Waals surface area (Å²) in [5, 5.41) is 18.5. The standard InChI is InChI=1S/C23H22N4O7/c1-32-11-10-27(12-19(28)29)22(30)20-21(26-34-25-20)24-23(31)33-13-18-16-8-4-2-6-14(16)15-7-3-5-9-17(15)18/h2-9,18H,10-13H2,1H3,(H,28,29)(H,24,26,31). The molecular formula is C23H22N4O7. The highest BCUT2D eigenvalue weighted by Gasteiger charge is 2.30. The Bertz CT molecular complexity index is 1160. The van der Waals surface area contributed by atoms with E-state index in [4.69, 9.17) is 14.6 Å². The second-order valence-corrected chi connectivity index (χ2v) is 7.53. The summed E-state index contributed by atoms with van der Waals surface area (Å²) < 4.78 is 15.0. The highest BCUT2D eigenvalue weighted by atomic mass is 16.6. The zero-order valence-corrected chi connectivity index (χ0v) is 18.3. The van der Waals surface area contributed by atoms with Gasteiger partial charge in [0.15, 0.2) is 0 Å². The maximum Gasteiger partial charge on any atom is 0.412 e. The highest BCUT2D eigenvalue weighted by molar-refractivity contribution is 6.00. The van der Waals surface area contributed by atoms with Crippen LogP contribution in [0.3, 0.4) is 0 Å². The molecule has 3 aromatic rings. The number of hydrogen-bond donors (Lipinski definition) is 2. The van der Waals surface area contributed by atoms with Crippen LogP contribution < -0.4 is 5.32 Å². The van der Waals surface area contributed by atoms with Crippen LogP contribution in [0.5, 0.6) is 0 Å². The predicted octanol–water partition coefficient (Wildman–Crippen LogP) is 2.60. The molecule has 2 aromatic carbocycles. The number of rotatable bonds is 9. The summed E-state index contributed by atoms with van der Waals surface area (Å²) in [6, 6.07) is 15.8. The Balaban J connectivity index is 1.44. The minimum Gasteiger partial charge on any atom is -0.480 e. The van der Waals surface area contributed by atoms with Crippen LogP contribution in [0.4, 0.5) is 10.6 Å². The molecule has 1 aromatic heterocycles. The van der Waals surface area contributed by atoms with Gasteiger partial charge in [0.2, 0.25) is 11.5 Å². The van der Waals surface area contributed by atoms with Crippen molar-refractivity contribution in [1.29, 1.82) is 0 Å². The molecule has 2 N–H and O–H groups in total. The number of fused-ring (bicyclic) bond motifs is 3. The molecule has 0 atom stereocenters. The molecule has 0 bridgehead atoms. The number of carbonyl (C=O) groups is 3. The number of aromatic nitrogens is 2. The fourth-order valence-corrected chi connectivity index (χ4v) is 3.91. The van der Waals surface area contributed by atoms with Crippen molar-refractivity contribution >= 4 is 23.8 Å². The van der Waals surface area contributed by atoms with E-state index in [0.29, 0.717) is 0 Å². The summed E-state index contributed by atoms with van der Waals surface area (Å²) in [5.74, 6) is -2.41. The van der Waals surface area contributed by atoms with Gasteiger partial charge in [-0.05, 0) is 32.6 Å². The molecule has 0 spiro atoms. The average molecular weight is 466 g/mol. The Labute approximate surface area is 194 Å². The van der Waals surface area contributed by atoms with E-state index in [1.807, 2.05) is 48.5 Å². The number of carboxylic acid groups (broad SMARTS) is 1. The SMILES string of the molecule is COCCN(CC(=O)O)C(=O)c1nonc1NC(=O)OCC1c2ccccc2-c2ccccc21. The van der Waals surface area contributed by atoms with Gasteiger partial charge in [0.1, 0.15) is 13.2 Å². The number of carboxylic acids is 1. The van der Waals surface area contributed by atoms with Crippen LogP contribution in [-0.2, 0) is 14.3 Å². The topological polar surface area (TPSA) is 144 Å².